The zero-order valence-corrected chi connectivity index (χ0v) is 20.3. The summed E-state index contributed by atoms with van der Waals surface area (Å²) < 4.78 is 49.9. The molecule has 2 aromatic rings. The van der Waals surface area contributed by atoms with Gasteiger partial charge in [-0.15, -0.1) is 0 Å². The minimum atomic E-state index is -4.52. The van der Waals surface area contributed by atoms with Gasteiger partial charge in [0, 0.05) is 18.0 Å². The maximum atomic E-state index is 13.3. The van der Waals surface area contributed by atoms with Gasteiger partial charge in [-0.05, 0) is 43.5 Å². The SMILES string of the molecule is CCOC(=O)[C@H](CC)N1C(=O)C[C@@H](c2ccc(C(F)(F)F)cc2)C(C(=O)OCc2ccccc2)=C1C. The zero-order valence-electron chi connectivity index (χ0n) is 20.3. The van der Waals surface area contributed by atoms with Crippen molar-refractivity contribution in [1.82, 2.24) is 4.90 Å². The van der Waals surface area contributed by atoms with Crippen LogP contribution in [0, 0.1) is 0 Å². The molecule has 0 N–H and O–H groups in total. The first kappa shape index (κ1) is 27.0. The third-order valence-corrected chi connectivity index (χ3v) is 6.08. The van der Waals surface area contributed by atoms with E-state index in [4.69, 9.17) is 9.47 Å². The molecule has 9 heteroatoms. The Morgan fingerprint density at radius 3 is 2.22 bits per heavy atom. The summed E-state index contributed by atoms with van der Waals surface area (Å²) in [4.78, 5) is 40.4. The topological polar surface area (TPSA) is 72.9 Å². The highest BCUT2D eigenvalue weighted by Gasteiger charge is 2.42. The number of benzene rings is 2. The number of rotatable bonds is 8. The standard InChI is InChI=1S/C27H28F3NO5/c1-4-22(25(33)35-5-2)31-17(3)24(26(34)36-16-18-9-7-6-8-10-18)21(15-23(31)32)19-11-13-20(14-12-19)27(28,29)30/h6-14,21-22H,4-5,15-16H2,1-3H3/t21-,22-/m0/s1. The summed E-state index contributed by atoms with van der Waals surface area (Å²) in [5.74, 6) is -2.58. The molecule has 6 nitrogen and oxygen atoms in total. The van der Waals surface area contributed by atoms with Gasteiger partial charge in [0.15, 0.2) is 0 Å². The molecule has 0 spiro atoms. The van der Waals surface area contributed by atoms with Gasteiger partial charge in [-0.25, -0.2) is 9.59 Å². The van der Waals surface area contributed by atoms with Crippen LogP contribution in [0.3, 0.4) is 0 Å². The third-order valence-electron chi connectivity index (χ3n) is 6.08. The fraction of sp³-hybridized carbons (Fsp3) is 0.370. The van der Waals surface area contributed by atoms with E-state index in [0.29, 0.717) is 5.56 Å². The van der Waals surface area contributed by atoms with Crippen molar-refractivity contribution < 1.29 is 37.0 Å². The van der Waals surface area contributed by atoms with E-state index in [0.717, 1.165) is 17.7 Å². The van der Waals surface area contributed by atoms with E-state index in [9.17, 15) is 27.6 Å². The van der Waals surface area contributed by atoms with E-state index in [1.807, 2.05) is 6.07 Å². The lowest BCUT2D eigenvalue weighted by Gasteiger charge is -2.38. The molecule has 1 aliphatic heterocycles. The Morgan fingerprint density at radius 1 is 1.03 bits per heavy atom. The summed E-state index contributed by atoms with van der Waals surface area (Å²) in [6.45, 7) is 5.00. The van der Waals surface area contributed by atoms with Gasteiger partial charge in [0.05, 0.1) is 17.7 Å². The lowest BCUT2D eigenvalue weighted by atomic mass is 9.82. The van der Waals surface area contributed by atoms with Crippen molar-refractivity contribution in [1.29, 1.82) is 0 Å². The van der Waals surface area contributed by atoms with E-state index in [1.54, 1.807) is 38.1 Å². The van der Waals surface area contributed by atoms with E-state index in [-0.39, 0.29) is 37.3 Å². The van der Waals surface area contributed by atoms with Gasteiger partial charge in [0.25, 0.3) is 0 Å². The second-order valence-corrected chi connectivity index (χ2v) is 8.38. The second-order valence-electron chi connectivity index (χ2n) is 8.38. The van der Waals surface area contributed by atoms with Gasteiger partial charge in [-0.1, -0.05) is 49.4 Å². The molecular weight excluding hydrogens is 475 g/mol. The quantitative estimate of drug-likeness (QED) is 0.453. The number of esters is 2. The van der Waals surface area contributed by atoms with Gasteiger partial charge < -0.3 is 14.4 Å². The van der Waals surface area contributed by atoms with Gasteiger partial charge in [0.1, 0.15) is 12.6 Å². The Hall–Kier alpha value is -3.62. The molecule has 2 atom stereocenters. The molecule has 0 aromatic heterocycles. The molecular formula is C27H28F3NO5. The molecule has 2 aromatic carbocycles. The van der Waals surface area contributed by atoms with Gasteiger partial charge in [0.2, 0.25) is 5.91 Å². The Kier molecular flexibility index (Phi) is 8.55. The van der Waals surface area contributed by atoms with Crippen LogP contribution < -0.4 is 0 Å². The number of halogens is 3. The fourth-order valence-electron chi connectivity index (χ4n) is 4.32. The summed E-state index contributed by atoms with van der Waals surface area (Å²) in [7, 11) is 0. The zero-order chi connectivity index (χ0) is 26.5. The Labute approximate surface area is 207 Å². The second kappa shape index (κ2) is 11.4. The fourth-order valence-corrected chi connectivity index (χ4v) is 4.32. The minimum absolute atomic E-state index is 0.0286. The first-order valence-corrected chi connectivity index (χ1v) is 11.7. The monoisotopic (exact) mass is 503 g/mol. The average molecular weight is 504 g/mol. The molecule has 0 saturated carbocycles. The summed E-state index contributed by atoms with van der Waals surface area (Å²) in [5, 5.41) is 0. The van der Waals surface area contributed by atoms with Crippen molar-refractivity contribution in [3.63, 3.8) is 0 Å². The minimum Gasteiger partial charge on any atom is -0.464 e. The molecule has 0 fully saturated rings. The summed E-state index contributed by atoms with van der Waals surface area (Å²) in [6, 6.07) is 12.4. The molecule has 36 heavy (non-hydrogen) atoms. The van der Waals surface area contributed by atoms with Crippen LogP contribution in [0.2, 0.25) is 0 Å². The number of allylic oxidation sites excluding steroid dienone is 1. The highest BCUT2D eigenvalue weighted by Crippen LogP contribution is 2.39. The largest absolute Gasteiger partial charge is 0.464 e. The molecule has 0 aliphatic carbocycles. The van der Waals surface area contributed by atoms with Crippen LogP contribution >= 0.6 is 0 Å². The van der Waals surface area contributed by atoms with Crippen LogP contribution in [0.5, 0.6) is 0 Å². The number of ether oxygens (including phenoxy) is 2. The van der Waals surface area contributed by atoms with Crippen LogP contribution in [0.15, 0.2) is 65.9 Å². The van der Waals surface area contributed by atoms with E-state index < -0.39 is 41.5 Å². The van der Waals surface area contributed by atoms with E-state index in [1.165, 1.54) is 24.0 Å². The van der Waals surface area contributed by atoms with Crippen LogP contribution in [0.1, 0.15) is 56.2 Å². The van der Waals surface area contributed by atoms with Gasteiger partial charge in [-0.3, -0.25) is 4.79 Å². The number of carbonyl (C=O) groups excluding carboxylic acids is 3. The Bertz CT molecular complexity index is 1130. The number of nitrogens with zero attached hydrogens (tertiary/aromatic N) is 1. The van der Waals surface area contributed by atoms with Crippen molar-refractivity contribution in [3.8, 4) is 0 Å². The highest BCUT2D eigenvalue weighted by molar-refractivity contribution is 5.97. The first-order chi connectivity index (χ1) is 17.1. The van der Waals surface area contributed by atoms with Gasteiger partial charge >= 0.3 is 18.1 Å². The van der Waals surface area contributed by atoms with Crippen molar-refractivity contribution >= 4 is 17.8 Å². The van der Waals surface area contributed by atoms with Crippen molar-refractivity contribution in [2.45, 2.75) is 58.4 Å². The van der Waals surface area contributed by atoms with Crippen LogP contribution in [-0.2, 0) is 36.6 Å². The molecule has 1 amide bonds. The number of hydrogen-bond donors (Lipinski definition) is 0. The number of amides is 1. The van der Waals surface area contributed by atoms with Crippen LogP contribution in [-0.4, -0.2) is 35.4 Å². The molecule has 0 saturated heterocycles. The molecule has 3 rings (SSSR count). The predicted molar refractivity (Wildman–Crippen MR) is 125 cm³/mol. The highest BCUT2D eigenvalue weighted by atomic mass is 19.4. The first-order valence-electron chi connectivity index (χ1n) is 11.7. The lowest BCUT2D eigenvalue weighted by Crippen LogP contribution is -2.48. The Morgan fingerprint density at radius 2 is 1.67 bits per heavy atom. The number of hydrogen-bond acceptors (Lipinski definition) is 5. The maximum Gasteiger partial charge on any atom is 0.416 e. The summed E-state index contributed by atoms with van der Waals surface area (Å²) in [5.41, 5.74) is 0.613. The van der Waals surface area contributed by atoms with Crippen molar-refractivity contribution in [2.75, 3.05) is 6.61 Å². The Balaban J connectivity index is 2.03. The molecule has 192 valence electrons. The third kappa shape index (κ3) is 5.95. The van der Waals surface area contributed by atoms with Crippen molar-refractivity contribution in [3.05, 3.63) is 82.6 Å². The van der Waals surface area contributed by atoms with Crippen LogP contribution in [0.25, 0.3) is 0 Å². The molecule has 1 aliphatic rings. The van der Waals surface area contributed by atoms with E-state index >= 15 is 0 Å². The smallest absolute Gasteiger partial charge is 0.416 e. The number of alkyl halides is 3. The predicted octanol–water partition coefficient (Wildman–Crippen LogP) is 5.38. The normalized spacial score (nSPS) is 17.1. The lowest BCUT2D eigenvalue weighted by molar-refractivity contribution is -0.154. The van der Waals surface area contributed by atoms with Crippen LogP contribution in [0.4, 0.5) is 13.2 Å². The molecule has 1 heterocycles. The van der Waals surface area contributed by atoms with Gasteiger partial charge in [-0.2, -0.15) is 13.2 Å². The summed E-state index contributed by atoms with van der Waals surface area (Å²) >= 11 is 0. The maximum absolute atomic E-state index is 13.3. The summed E-state index contributed by atoms with van der Waals surface area (Å²) in [6.07, 6.45) is -4.48. The van der Waals surface area contributed by atoms with E-state index in [2.05, 4.69) is 0 Å². The van der Waals surface area contributed by atoms with Crippen molar-refractivity contribution in [2.24, 2.45) is 0 Å². The molecule has 0 unspecified atom stereocenters. The molecule has 0 bridgehead atoms. The number of carbonyl (C=O) groups is 3. The average Bonchev–Trinajstić information content (AvgIpc) is 2.85. The molecule has 0 radical (unpaired) electrons.